The van der Waals surface area contributed by atoms with E-state index in [0.29, 0.717) is 60.2 Å². The van der Waals surface area contributed by atoms with Gasteiger partial charge < -0.3 is 24.1 Å². The number of ether oxygens (including phenoxy) is 2. The third-order valence-electron chi connectivity index (χ3n) is 5.62. The van der Waals surface area contributed by atoms with Crippen LogP contribution in [-0.2, 0) is 6.61 Å². The molecule has 1 aromatic heterocycles. The summed E-state index contributed by atoms with van der Waals surface area (Å²) in [6.07, 6.45) is 4.32. The molecule has 7 nitrogen and oxygen atoms in total. The van der Waals surface area contributed by atoms with E-state index in [0.717, 1.165) is 5.56 Å². The van der Waals surface area contributed by atoms with E-state index in [-0.39, 0.29) is 17.9 Å². The van der Waals surface area contributed by atoms with Gasteiger partial charge >= 0.3 is 0 Å². The molecule has 0 spiro atoms. The quantitative estimate of drug-likeness (QED) is 0.550. The molecule has 172 valence electrons. The molecule has 4 rings (SSSR count). The lowest BCUT2D eigenvalue weighted by Crippen LogP contribution is -2.46. The first-order valence-electron chi connectivity index (χ1n) is 10.7. The minimum absolute atomic E-state index is 0.00211. The molecule has 0 saturated carbocycles. The summed E-state index contributed by atoms with van der Waals surface area (Å²) in [6.45, 7) is 1.51. The fourth-order valence-corrected chi connectivity index (χ4v) is 3.86. The second kappa shape index (κ2) is 10.4. The van der Waals surface area contributed by atoms with E-state index in [1.165, 1.54) is 12.5 Å². The number of likely N-dealkylation sites (tertiary alicyclic amines) is 1. The molecule has 0 radical (unpaired) electrons. The third-order valence-corrected chi connectivity index (χ3v) is 5.87. The smallest absolute Gasteiger partial charge is 0.257 e. The number of hydrogen-bond acceptors (Lipinski definition) is 5. The molecule has 2 amide bonds. The molecule has 2 heterocycles. The number of carbonyl (C=O) groups is 2. The largest absolute Gasteiger partial charge is 0.493 e. The predicted octanol–water partition coefficient (Wildman–Crippen LogP) is 4.56. The van der Waals surface area contributed by atoms with Crippen LogP contribution in [0.2, 0.25) is 5.02 Å². The summed E-state index contributed by atoms with van der Waals surface area (Å²) in [5, 5.41) is 3.73. The Balaban J connectivity index is 1.31. The van der Waals surface area contributed by atoms with Crippen LogP contribution in [0.4, 0.5) is 0 Å². The molecule has 2 aromatic carbocycles. The molecule has 1 N–H and O–H groups in total. The minimum Gasteiger partial charge on any atom is -0.493 e. The Morgan fingerprint density at radius 1 is 1.06 bits per heavy atom. The fraction of sp³-hybridized carbons (Fsp3) is 0.280. The number of hydrogen-bond donors (Lipinski definition) is 1. The number of nitrogens with zero attached hydrogens (tertiary/aromatic N) is 1. The van der Waals surface area contributed by atoms with Gasteiger partial charge in [-0.25, -0.2) is 0 Å². The van der Waals surface area contributed by atoms with Gasteiger partial charge in [-0.3, -0.25) is 9.59 Å². The molecular formula is C25H25ClN2O5. The van der Waals surface area contributed by atoms with Gasteiger partial charge in [-0.15, -0.1) is 0 Å². The van der Waals surface area contributed by atoms with Gasteiger partial charge in [-0.1, -0.05) is 23.7 Å². The van der Waals surface area contributed by atoms with Gasteiger partial charge in [-0.2, -0.15) is 0 Å². The number of methoxy groups -OCH3 is 1. The third kappa shape index (κ3) is 5.68. The maximum absolute atomic E-state index is 12.8. The predicted molar refractivity (Wildman–Crippen MR) is 124 cm³/mol. The Hall–Kier alpha value is -3.45. The van der Waals surface area contributed by atoms with Crippen molar-refractivity contribution in [2.24, 2.45) is 0 Å². The highest BCUT2D eigenvalue weighted by molar-refractivity contribution is 6.30. The maximum Gasteiger partial charge on any atom is 0.257 e. The van der Waals surface area contributed by atoms with E-state index in [4.69, 9.17) is 25.5 Å². The van der Waals surface area contributed by atoms with Gasteiger partial charge in [0, 0.05) is 29.7 Å². The van der Waals surface area contributed by atoms with Crippen molar-refractivity contribution in [1.29, 1.82) is 0 Å². The van der Waals surface area contributed by atoms with E-state index in [1.54, 1.807) is 36.3 Å². The average Bonchev–Trinajstić information content (AvgIpc) is 3.39. The molecule has 0 bridgehead atoms. The lowest BCUT2D eigenvalue weighted by Gasteiger charge is -2.32. The molecule has 0 aliphatic carbocycles. The van der Waals surface area contributed by atoms with Gasteiger partial charge in [-0.05, 0) is 54.8 Å². The Bertz CT molecular complexity index is 1090. The molecule has 1 aliphatic rings. The lowest BCUT2D eigenvalue weighted by molar-refractivity contribution is 0.0697. The van der Waals surface area contributed by atoms with Crippen molar-refractivity contribution in [3.05, 3.63) is 82.8 Å². The average molecular weight is 469 g/mol. The number of halogens is 1. The van der Waals surface area contributed by atoms with Crippen LogP contribution in [0, 0.1) is 0 Å². The fourth-order valence-electron chi connectivity index (χ4n) is 3.73. The standard InChI is InChI=1S/C25H25ClN2O5/c1-31-23-14-18(4-7-22(23)33-15-17-2-5-20(26)6-3-17)24(29)27-21-8-11-28(12-9-21)25(30)19-10-13-32-16-19/h2-7,10,13-14,16,21H,8-9,11-12,15H2,1H3,(H,27,29). The topological polar surface area (TPSA) is 81.0 Å². The van der Waals surface area contributed by atoms with Crippen LogP contribution < -0.4 is 14.8 Å². The Kier molecular flexibility index (Phi) is 7.19. The van der Waals surface area contributed by atoms with Gasteiger partial charge in [0.1, 0.15) is 12.9 Å². The van der Waals surface area contributed by atoms with Crippen LogP contribution in [0.1, 0.15) is 39.1 Å². The zero-order valence-corrected chi connectivity index (χ0v) is 19.0. The van der Waals surface area contributed by atoms with E-state index in [2.05, 4.69) is 5.32 Å². The van der Waals surface area contributed by atoms with Crippen LogP contribution in [0.25, 0.3) is 0 Å². The summed E-state index contributed by atoms with van der Waals surface area (Å²) < 4.78 is 16.3. The van der Waals surface area contributed by atoms with Crippen LogP contribution in [0.15, 0.2) is 65.5 Å². The zero-order valence-electron chi connectivity index (χ0n) is 18.3. The van der Waals surface area contributed by atoms with E-state index >= 15 is 0 Å². The van der Waals surface area contributed by atoms with Crippen molar-refractivity contribution in [3.63, 3.8) is 0 Å². The number of nitrogens with one attached hydrogen (secondary N) is 1. The highest BCUT2D eigenvalue weighted by Crippen LogP contribution is 2.29. The monoisotopic (exact) mass is 468 g/mol. The van der Waals surface area contributed by atoms with Crippen LogP contribution in [0.5, 0.6) is 11.5 Å². The maximum atomic E-state index is 12.8. The molecule has 8 heteroatoms. The van der Waals surface area contributed by atoms with Gasteiger partial charge in [0.25, 0.3) is 11.8 Å². The Morgan fingerprint density at radius 2 is 1.82 bits per heavy atom. The van der Waals surface area contributed by atoms with Crippen molar-refractivity contribution in [1.82, 2.24) is 10.2 Å². The zero-order chi connectivity index (χ0) is 23.2. The first-order valence-corrected chi connectivity index (χ1v) is 11.1. The number of furan rings is 1. The highest BCUT2D eigenvalue weighted by atomic mass is 35.5. The Labute approximate surface area is 197 Å². The molecule has 0 unspecified atom stereocenters. The molecule has 1 saturated heterocycles. The summed E-state index contributed by atoms with van der Waals surface area (Å²) in [4.78, 5) is 27.0. The summed E-state index contributed by atoms with van der Waals surface area (Å²) in [6, 6.07) is 14.2. The molecule has 1 aliphatic heterocycles. The van der Waals surface area contributed by atoms with Crippen LogP contribution >= 0.6 is 11.6 Å². The number of piperidine rings is 1. The molecule has 0 atom stereocenters. The highest BCUT2D eigenvalue weighted by Gasteiger charge is 2.25. The first kappa shape index (κ1) is 22.7. The van der Waals surface area contributed by atoms with E-state index < -0.39 is 0 Å². The number of rotatable bonds is 7. The van der Waals surface area contributed by atoms with Crippen molar-refractivity contribution < 1.29 is 23.5 Å². The number of amides is 2. The summed E-state index contributed by atoms with van der Waals surface area (Å²) >= 11 is 5.92. The normalized spacial score (nSPS) is 14.1. The Morgan fingerprint density at radius 3 is 2.48 bits per heavy atom. The molecule has 33 heavy (non-hydrogen) atoms. The van der Waals surface area contributed by atoms with E-state index in [9.17, 15) is 9.59 Å². The van der Waals surface area contributed by atoms with Gasteiger partial charge in [0.05, 0.1) is 18.9 Å². The summed E-state index contributed by atoms with van der Waals surface area (Å²) in [7, 11) is 1.54. The molecular weight excluding hydrogens is 444 g/mol. The van der Waals surface area contributed by atoms with Gasteiger partial charge in [0.2, 0.25) is 0 Å². The van der Waals surface area contributed by atoms with Crippen molar-refractivity contribution >= 4 is 23.4 Å². The minimum atomic E-state index is -0.183. The summed E-state index contributed by atoms with van der Waals surface area (Å²) in [5.41, 5.74) is 2.01. The van der Waals surface area contributed by atoms with E-state index in [1.807, 2.05) is 24.3 Å². The van der Waals surface area contributed by atoms with Crippen LogP contribution in [-0.4, -0.2) is 43.0 Å². The SMILES string of the molecule is COc1cc(C(=O)NC2CCN(C(=O)c3ccoc3)CC2)ccc1OCc1ccc(Cl)cc1. The van der Waals surface area contributed by atoms with Gasteiger partial charge in [0.15, 0.2) is 11.5 Å². The second-order valence-corrected chi connectivity index (χ2v) is 8.27. The molecule has 3 aromatic rings. The van der Waals surface area contributed by atoms with Crippen LogP contribution in [0.3, 0.4) is 0 Å². The number of benzene rings is 2. The van der Waals surface area contributed by atoms with Crippen molar-refractivity contribution in [3.8, 4) is 11.5 Å². The van der Waals surface area contributed by atoms with Crippen molar-refractivity contribution in [2.75, 3.05) is 20.2 Å². The first-order chi connectivity index (χ1) is 16.0. The number of carbonyl (C=O) groups excluding carboxylic acids is 2. The lowest BCUT2D eigenvalue weighted by atomic mass is 10.0. The van der Waals surface area contributed by atoms with Crippen molar-refractivity contribution in [2.45, 2.75) is 25.5 Å². The summed E-state index contributed by atoms with van der Waals surface area (Å²) in [5.74, 6) is 0.803. The second-order valence-electron chi connectivity index (χ2n) is 7.83. The molecule has 1 fully saturated rings.